The van der Waals surface area contributed by atoms with Crippen molar-refractivity contribution in [2.24, 2.45) is 0 Å². The van der Waals surface area contributed by atoms with Crippen LogP contribution in [-0.4, -0.2) is 49.2 Å². The summed E-state index contributed by atoms with van der Waals surface area (Å²) in [7, 11) is 1.64. The van der Waals surface area contributed by atoms with E-state index in [1.54, 1.807) is 18.4 Å². The Morgan fingerprint density at radius 2 is 2.08 bits per heavy atom. The first-order valence-electron chi connectivity index (χ1n) is 8.36. The van der Waals surface area contributed by atoms with E-state index in [9.17, 15) is 4.79 Å². The van der Waals surface area contributed by atoms with Gasteiger partial charge >= 0.3 is 0 Å². The van der Waals surface area contributed by atoms with E-state index < -0.39 is 0 Å². The molecular weight excluding hydrogens is 338 g/mol. The zero-order valence-corrected chi connectivity index (χ0v) is 15.2. The van der Waals surface area contributed by atoms with Crippen LogP contribution < -0.4 is 10.1 Å². The third-order valence-electron chi connectivity index (χ3n) is 4.05. The average molecular weight is 361 g/mol. The highest BCUT2D eigenvalue weighted by atomic mass is 32.1. The molecule has 134 valence electrons. The lowest BCUT2D eigenvalue weighted by atomic mass is 10.2. The summed E-state index contributed by atoms with van der Waals surface area (Å²) in [6.45, 7) is 4.79. The number of hydrogen-bond acceptors (Lipinski definition) is 6. The van der Waals surface area contributed by atoms with Crippen molar-refractivity contribution in [3.05, 3.63) is 45.9 Å². The van der Waals surface area contributed by atoms with E-state index in [2.05, 4.69) is 15.2 Å². The van der Waals surface area contributed by atoms with Gasteiger partial charge in [-0.2, -0.15) is 0 Å². The molecule has 1 fully saturated rings. The zero-order valence-electron chi connectivity index (χ0n) is 14.4. The minimum absolute atomic E-state index is 0.0148. The molecule has 1 saturated heterocycles. The highest BCUT2D eigenvalue weighted by Gasteiger charge is 2.13. The van der Waals surface area contributed by atoms with Gasteiger partial charge in [-0.1, -0.05) is 12.1 Å². The third-order valence-corrected chi connectivity index (χ3v) is 4.93. The fourth-order valence-electron chi connectivity index (χ4n) is 2.62. The number of benzene rings is 1. The molecule has 7 heteroatoms. The first-order valence-corrected chi connectivity index (χ1v) is 9.24. The summed E-state index contributed by atoms with van der Waals surface area (Å²) < 4.78 is 10.5. The Bertz CT molecular complexity index is 681. The van der Waals surface area contributed by atoms with E-state index in [1.165, 1.54) is 0 Å². The largest absolute Gasteiger partial charge is 0.497 e. The fourth-order valence-corrected chi connectivity index (χ4v) is 3.46. The second-order valence-corrected chi connectivity index (χ2v) is 6.87. The molecule has 1 amide bonds. The van der Waals surface area contributed by atoms with Crippen molar-refractivity contribution in [1.29, 1.82) is 0 Å². The number of nitrogens with one attached hydrogen (secondary N) is 1. The number of amides is 1. The van der Waals surface area contributed by atoms with Gasteiger partial charge in [0.25, 0.3) is 0 Å². The van der Waals surface area contributed by atoms with Crippen molar-refractivity contribution < 1.29 is 14.3 Å². The van der Waals surface area contributed by atoms with Crippen LogP contribution in [0.3, 0.4) is 0 Å². The molecule has 0 aliphatic carbocycles. The minimum atomic E-state index is -0.0148. The molecule has 1 aliphatic heterocycles. The first kappa shape index (κ1) is 17.8. The van der Waals surface area contributed by atoms with Gasteiger partial charge < -0.3 is 14.8 Å². The molecule has 0 atom stereocenters. The van der Waals surface area contributed by atoms with Gasteiger partial charge in [-0.05, 0) is 17.7 Å². The summed E-state index contributed by atoms with van der Waals surface area (Å²) in [5.74, 6) is 0.796. The van der Waals surface area contributed by atoms with Gasteiger partial charge in [0, 0.05) is 25.0 Å². The smallest absolute Gasteiger partial charge is 0.226 e. The fraction of sp³-hybridized carbons (Fsp3) is 0.444. The highest BCUT2D eigenvalue weighted by Crippen LogP contribution is 2.14. The third kappa shape index (κ3) is 5.52. The van der Waals surface area contributed by atoms with Crippen LogP contribution in [0.1, 0.15) is 16.3 Å². The maximum atomic E-state index is 12.1. The standard InChI is InChI=1S/C18H23N3O3S/c1-23-16-4-2-14(3-5-16)11-19-17(22)10-15-13-25-18(20-15)12-21-6-8-24-9-7-21/h2-5,13H,6-12H2,1H3,(H,19,22). The Hall–Kier alpha value is -1.96. The van der Waals surface area contributed by atoms with Crippen molar-refractivity contribution >= 4 is 17.2 Å². The Labute approximate surface area is 151 Å². The zero-order chi connectivity index (χ0) is 17.5. The quantitative estimate of drug-likeness (QED) is 0.815. The van der Waals surface area contributed by atoms with Crippen LogP contribution in [0.2, 0.25) is 0 Å². The molecule has 1 aromatic carbocycles. The van der Waals surface area contributed by atoms with Gasteiger partial charge in [0.2, 0.25) is 5.91 Å². The molecule has 1 N–H and O–H groups in total. The van der Waals surface area contributed by atoms with E-state index in [0.717, 1.165) is 54.9 Å². The molecule has 0 radical (unpaired) electrons. The van der Waals surface area contributed by atoms with Gasteiger partial charge in [0.15, 0.2) is 0 Å². The number of thiazole rings is 1. The molecule has 2 aromatic rings. The van der Waals surface area contributed by atoms with Crippen LogP contribution in [0.25, 0.3) is 0 Å². The molecule has 3 rings (SSSR count). The average Bonchev–Trinajstić information content (AvgIpc) is 3.08. The summed E-state index contributed by atoms with van der Waals surface area (Å²) >= 11 is 1.62. The van der Waals surface area contributed by atoms with Crippen molar-refractivity contribution in [2.75, 3.05) is 33.4 Å². The Balaban J connectivity index is 1.44. The van der Waals surface area contributed by atoms with Gasteiger partial charge in [0.1, 0.15) is 10.8 Å². The van der Waals surface area contributed by atoms with Crippen molar-refractivity contribution in [1.82, 2.24) is 15.2 Å². The van der Waals surface area contributed by atoms with Crippen LogP contribution >= 0.6 is 11.3 Å². The van der Waals surface area contributed by atoms with E-state index in [4.69, 9.17) is 9.47 Å². The monoisotopic (exact) mass is 361 g/mol. The van der Waals surface area contributed by atoms with Crippen molar-refractivity contribution in [3.63, 3.8) is 0 Å². The van der Waals surface area contributed by atoms with E-state index in [1.807, 2.05) is 29.6 Å². The number of aromatic nitrogens is 1. The molecular formula is C18H23N3O3S. The molecule has 1 aromatic heterocycles. The summed E-state index contributed by atoms with van der Waals surface area (Å²) in [6.07, 6.45) is 0.315. The SMILES string of the molecule is COc1ccc(CNC(=O)Cc2csc(CN3CCOCC3)n2)cc1. The normalized spacial score (nSPS) is 15.1. The van der Waals surface area contributed by atoms with Gasteiger partial charge in [-0.3, -0.25) is 9.69 Å². The Morgan fingerprint density at radius 1 is 1.32 bits per heavy atom. The summed E-state index contributed by atoms with van der Waals surface area (Å²) in [5.41, 5.74) is 1.88. The molecule has 0 spiro atoms. The molecule has 1 aliphatic rings. The van der Waals surface area contributed by atoms with Crippen LogP contribution in [-0.2, 0) is 29.0 Å². The number of carbonyl (C=O) groups excluding carboxylic acids is 1. The number of hydrogen-bond donors (Lipinski definition) is 1. The summed E-state index contributed by atoms with van der Waals surface area (Å²) in [5, 5.41) is 5.96. The first-order chi connectivity index (χ1) is 12.2. The number of methoxy groups -OCH3 is 1. The van der Waals surface area contributed by atoms with Gasteiger partial charge in [0.05, 0.1) is 39.0 Å². The van der Waals surface area contributed by atoms with Crippen LogP contribution in [0.15, 0.2) is 29.6 Å². The molecule has 0 saturated carbocycles. The second-order valence-electron chi connectivity index (χ2n) is 5.92. The lowest BCUT2D eigenvalue weighted by Gasteiger charge is -2.25. The molecule has 25 heavy (non-hydrogen) atoms. The highest BCUT2D eigenvalue weighted by molar-refractivity contribution is 7.09. The maximum absolute atomic E-state index is 12.1. The summed E-state index contributed by atoms with van der Waals surface area (Å²) in [4.78, 5) is 19.0. The number of carbonyl (C=O) groups is 1. The van der Waals surface area contributed by atoms with Gasteiger partial charge in [-0.15, -0.1) is 11.3 Å². The second kappa shape index (κ2) is 8.94. The van der Waals surface area contributed by atoms with Crippen LogP contribution in [0.5, 0.6) is 5.75 Å². The predicted octanol–water partition coefficient (Wildman–Crippen LogP) is 1.84. The van der Waals surface area contributed by atoms with E-state index in [-0.39, 0.29) is 5.91 Å². The predicted molar refractivity (Wildman–Crippen MR) is 96.8 cm³/mol. The Morgan fingerprint density at radius 3 is 2.80 bits per heavy atom. The lowest BCUT2D eigenvalue weighted by Crippen LogP contribution is -2.35. The lowest BCUT2D eigenvalue weighted by molar-refractivity contribution is -0.120. The minimum Gasteiger partial charge on any atom is -0.497 e. The summed E-state index contributed by atoms with van der Waals surface area (Å²) in [6, 6.07) is 7.67. The van der Waals surface area contributed by atoms with Crippen molar-refractivity contribution in [2.45, 2.75) is 19.5 Å². The van der Waals surface area contributed by atoms with E-state index >= 15 is 0 Å². The Kier molecular flexibility index (Phi) is 6.38. The number of rotatable bonds is 7. The van der Waals surface area contributed by atoms with Crippen molar-refractivity contribution in [3.8, 4) is 5.75 Å². The molecule has 0 bridgehead atoms. The van der Waals surface area contributed by atoms with Gasteiger partial charge in [-0.25, -0.2) is 4.98 Å². The van der Waals surface area contributed by atoms with Crippen LogP contribution in [0.4, 0.5) is 0 Å². The van der Waals surface area contributed by atoms with E-state index in [0.29, 0.717) is 13.0 Å². The number of ether oxygens (including phenoxy) is 2. The molecule has 0 unspecified atom stereocenters. The number of nitrogens with zero attached hydrogens (tertiary/aromatic N) is 2. The van der Waals surface area contributed by atoms with Crippen LogP contribution in [0, 0.1) is 0 Å². The topological polar surface area (TPSA) is 63.7 Å². The molecule has 2 heterocycles. The maximum Gasteiger partial charge on any atom is 0.226 e. The number of morpholine rings is 1. The molecule has 6 nitrogen and oxygen atoms in total.